The van der Waals surface area contributed by atoms with Crippen molar-refractivity contribution in [1.82, 2.24) is 0 Å². The van der Waals surface area contributed by atoms with Gasteiger partial charge in [0.2, 0.25) is 0 Å². The highest BCUT2D eigenvalue weighted by molar-refractivity contribution is 4.87. The third kappa shape index (κ3) is 0.565. The van der Waals surface area contributed by atoms with Crippen LogP contribution in [0.25, 0.3) is 0 Å². The van der Waals surface area contributed by atoms with Gasteiger partial charge in [0.1, 0.15) is 0 Å². The highest BCUT2D eigenvalue weighted by Crippen LogP contribution is 2.29. The average Bonchev–Trinajstić information content (AvgIpc) is 2.15. The molecule has 0 N–H and O–H groups in total. The molecule has 0 aromatic carbocycles. The first-order valence-electron chi connectivity index (χ1n) is 2.93. The summed E-state index contributed by atoms with van der Waals surface area (Å²) in [6, 6.07) is 0. The molecule has 2 nitrogen and oxygen atoms in total. The highest BCUT2D eigenvalue weighted by Gasteiger charge is 2.33. The van der Waals surface area contributed by atoms with Gasteiger partial charge in [-0.25, -0.2) is 0 Å². The molecule has 0 bridgehead atoms. The number of rotatable bonds is 0. The summed E-state index contributed by atoms with van der Waals surface area (Å²) >= 11 is 0. The van der Waals surface area contributed by atoms with Crippen LogP contribution in [0.1, 0.15) is 6.42 Å². The van der Waals surface area contributed by atoms with Gasteiger partial charge in [0.05, 0.1) is 13.2 Å². The van der Waals surface area contributed by atoms with Crippen LogP contribution in [-0.2, 0) is 9.47 Å². The van der Waals surface area contributed by atoms with E-state index in [0.717, 1.165) is 13.0 Å². The van der Waals surface area contributed by atoms with Crippen LogP contribution >= 0.6 is 0 Å². The number of fused-ring (bicyclic) bond motifs is 1. The molecule has 0 aliphatic carbocycles. The number of ether oxygens (including phenoxy) is 2. The van der Waals surface area contributed by atoms with Crippen molar-refractivity contribution in [2.75, 3.05) is 13.2 Å². The second-order valence-electron chi connectivity index (χ2n) is 2.15. The van der Waals surface area contributed by atoms with Gasteiger partial charge in [-0.3, -0.25) is 0 Å². The molecule has 2 aliphatic heterocycles. The van der Waals surface area contributed by atoms with E-state index in [9.17, 15) is 0 Å². The summed E-state index contributed by atoms with van der Waals surface area (Å²) in [6.07, 6.45) is 4.34. The molecule has 2 fully saturated rings. The van der Waals surface area contributed by atoms with Crippen molar-refractivity contribution in [1.29, 1.82) is 0 Å². The Morgan fingerprint density at radius 3 is 3.25 bits per heavy atom. The van der Waals surface area contributed by atoms with Gasteiger partial charge in [-0.1, -0.05) is 0 Å². The lowest BCUT2D eigenvalue weighted by atomic mass is 10.1. The van der Waals surface area contributed by atoms with Crippen molar-refractivity contribution in [2.45, 2.75) is 12.7 Å². The fourth-order valence-electron chi connectivity index (χ4n) is 1.16. The third-order valence-corrected chi connectivity index (χ3v) is 1.63. The molecule has 0 aromatic rings. The Morgan fingerprint density at radius 2 is 2.38 bits per heavy atom. The van der Waals surface area contributed by atoms with Crippen LogP contribution in [0.2, 0.25) is 0 Å². The predicted octanol–water partition coefficient (Wildman–Crippen LogP) is 0.460. The zero-order valence-electron chi connectivity index (χ0n) is 4.59. The largest absolute Gasteiger partial charge is 0.352 e. The SMILES string of the molecule is [C]1COC2OCCC12. The first-order chi connectivity index (χ1) is 3.97. The molecule has 0 spiro atoms. The molecule has 44 valence electrons. The quantitative estimate of drug-likeness (QED) is 0.453. The van der Waals surface area contributed by atoms with Crippen LogP contribution in [0, 0.1) is 12.3 Å². The zero-order chi connectivity index (χ0) is 5.40. The Balaban J connectivity index is 2.04. The van der Waals surface area contributed by atoms with Gasteiger partial charge in [0.15, 0.2) is 6.29 Å². The topological polar surface area (TPSA) is 18.5 Å². The Morgan fingerprint density at radius 1 is 1.38 bits per heavy atom. The summed E-state index contributed by atoms with van der Waals surface area (Å²) in [4.78, 5) is 0. The average molecular weight is 112 g/mol. The maximum Gasteiger partial charge on any atom is 0.161 e. The lowest BCUT2D eigenvalue weighted by Gasteiger charge is -2.03. The summed E-state index contributed by atoms with van der Waals surface area (Å²) in [5.41, 5.74) is 0. The van der Waals surface area contributed by atoms with Crippen LogP contribution in [0.15, 0.2) is 0 Å². The molecule has 2 unspecified atom stereocenters. The summed E-state index contributed by atoms with van der Waals surface area (Å²) in [5, 5.41) is 0. The Hall–Kier alpha value is -0.0800. The minimum absolute atomic E-state index is 0.0648. The molecule has 2 heteroatoms. The molecule has 0 amide bonds. The van der Waals surface area contributed by atoms with Crippen molar-refractivity contribution < 1.29 is 9.47 Å². The summed E-state index contributed by atoms with van der Waals surface area (Å²) in [7, 11) is 0. The first kappa shape index (κ1) is 4.77. The lowest BCUT2D eigenvalue weighted by Crippen LogP contribution is -2.09. The highest BCUT2D eigenvalue weighted by atomic mass is 16.7. The van der Waals surface area contributed by atoms with E-state index in [1.54, 1.807) is 0 Å². The predicted molar refractivity (Wildman–Crippen MR) is 27.0 cm³/mol. The molecule has 2 radical (unpaired) electrons. The summed E-state index contributed by atoms with van der Waals surface area (Å²) in [5.74, 6) is 0.481. The monoisotopic (exact) mass is 112 g/mol. The molecule has 0 saturated carbocycles. The lowest BCUT2D eigenvalue weighted by molar-refractivity contribution is -0.0904. The van der Waals surface area contributed by atoms with Crippen molar-refractivity contribution in [3.05, 3.63) is 6.42 Å². The van der Waals surface area contributed by atoms with Crippen LogP contribution in [0.5, 0.6) is 0 Å². The van der Waals surface area contributed by atoms with E-state index in [4.69, 9.17) is 9.47 Å². The summed E-state index contributed by atoms with van der Waals surface area (Å²) < 4.78 is 10.3. The van der Waals surface area contributed by atoms with Crippen molar-refractivity contribution >= 4 is 0 Å². The second kappa shape index (κ2) is 1.71. The van der Waals surface area contributed by atoms with E-state index in [1.165, 1.54) is 0 Å². The molecule has 2 saturated heterocycles. The van der Waals surface area contributed by atoms with Crippen molar-refractivity contribution in [3.63, 3.8) is 0 Å². The van der Waals surface area contributed by atoms with E-state index >= 15 is 0 Å². The third-order valence-electron chi connectivity index (χ3n) is 1.63. The Labute approximate surface area is 48.8 Å². The molecule has 2 aliphatic rings. The Bertz CT molecular complexity index is 72.5. The normalized spacial score (nSPS) is 45.0. The van der Waals surface area contributed by atoms with Crippen LogP contribution in [-0.4, -0.2) is 19.5 Å². The van der Waals surface area contributed by atoms with Gasteiger partial charge in [0.25, 0.3) is 0 Å². The van der Waals surface area contributed by atoms with E-state index in [-0.39, 0.29) is 6.29 Å². The standard InChI is InChI=1S/C6H8O2/c1-3-7-6-5(1)2-4-8-6/h5-6H,1,3-4H2. The Kier molecular flexibility index (Phi) is 1.02. The van der Waals surface area contributed by atoms with Gasteiger partial charge in [-0.2, -0.15) is 0 Å². The van der Waals surface area contributed by atoms with Crippen LogP contribution in [0.3, 0.4) is 0 Å². The van der Waals surface area contributed by atoms with E-state index in [1.807, 2.05) is 0 Å². The van der Waals surface area contributed by atoms with Crippen molar-refractivity contribution in [3.8, 4) is 0 Å². The van der Waals surface area contributed by atoms with Crippen molar-refractivity contribution in [2.24, 2.45) is 5.92 Å². The second-order valence-corrected chi connectivity index (χ2v) is 2.15. The minimum Gasteiger partial charge on any atom is -0.352 e. The fraction of sp³-hybridized carbons (Fsp3) is 0.833. The fourth-order valence-corrected chi connectivity index (χ4v) is 1.16. The molecule has 2 heterocycles. The molecular formula is C6H8O2. The van der Waals surface area contributed by atoms with Crippen LogP contribution in [0.4, 0.5) is 0 Å². The van der Waals surface area contributed by atoms with Gasteiger partial charge in [-0.15, -0.1) is 0 Å². The molecule has 2 rings (SSSR count). The molecular weight excluding hydrogens is 104 g/mol. The van der Waals surface area contributed by atoms with Gasteiger partial charge in [-0.05, 0) is 6.42 Å². The number of hydrogen-bond acceptors (Lipinski definition) is 2. The molecule has 0 aromatic heterocycles. The maximum absolute atomic E-state index is 5.19. The molecule has 8 heavy (non-hydrogen) atoms. The maximum atomic E-state index is 5.19. The van der Waals surface area contributed by atoms with E-state index in [0.29, 0.717) is 12.5 Å². The van der Waals surface area contributed by atoms with Gasteiger partial charge < -0.3 is 9.47 Å². The van der Waals surface area contributed by atoms with E-state index < -0.39 is 0 Å². The molecule has 2 atom stereocenters. The smallest absolute Gasteiger partial charge is 0.161 e. The van der Waals surface area contributed by atoms with Crippen LogP contribution < -0.4 is 0 Å². The summed E-state index contributed by atoms with van der Waals surface area (Å²) in [6.45, 7) is 1.51. The zero-order valence-corrected chi connectivity index (χ0v) is 4.59. The minimum atomic E-state index is 0.0648. The van der Waals surface area contributed by atoms with E-state index in [2.05, 4.69) is 6.42 Å². The van der Waals surface area contributed by atoms with Gasteiger partial charge >= 0.3 is 0 Å². The van der Waals surface area contributed by atoms with Gasteiger partial charge in [0, 0.05) is 12.3 Å². The first-order valence-corrected chi connectivity index (χ1v) is 2.93. The number of hydrogen-bond donors (Lipinski definition) is 0.